The van der Waals surface area contributed by atoms with Gasteiger partial charge in [-0.1, -0.05) is 0 Å². The predicted molar refractivity (Wildman–Crippen MR) is 41.0 cm³/mol. The number of hydrogen-bond acceptors (Lipinski definition) is 3. The van der Waals surface area contributed by atoms with E-state index in [9.17, 15) is 4.79 Å². The summed E-state index contributed by atoms with van der Waals surface area (Å²) in [6.07, 6.45) is 1.40. The van der Waals surface area contributed by atoms with Crippen LogP contribution in [0, 0.1) is 0 Å². The SMILES string of the molecule is CCNC(=O)c1cn[nH]c1N. The van der Waals surface area contributed by atoms with Gasteiger partial charge in [-0.2, -0.15) is 5.10 Å². The van der Waals surface area contributed by atoms with Crippen LogP contribution in [0.5, 0.6) is 0 Å². The lowest BCUT2D eigenvalue weighted by Gasteiger charge is -1.97. The van der Waals surface area contributed by atoms with Crippen molar-refractivity contribution in [3.8, 4) is 0 Å². The van der Waals surface area contributed by atoms with Crippen LogP contribution in [0.4, 0.5) is 5.82 Å². The van der Waals surface area contributed by atoms with E-state index in [1.54, 1.807) is 0 Å². The Kier molecular flexibility index (Phi) is 2.10. The lowest BCUT2D eigenvalue weighted by Crippen LogP contribution is -2.23. The first-order valence-electron chi connectivity index (χ1n) is 3.32. The van der Waals surface area contributed by atoms with Crippen LogP contribution < -0.4 is 11.1 Å². The maximum atomic E-state index is 11.1. The van der Waals surface area contributed by atoms with Gasteiger partial charge in [-0.05, 0) is 6.92 Å². The zero-order chi connectivity index (χ0) is 8.27. The van der Waals surface area contributed by atoms with Gasteiger partial charge >= 0.3 is 0 Å². The van der Waals surface area contributed by atoms with E-state index in [-0.39, 0.29) is 5.91 Å². The van der Waals surface area contributed by atoms with Gasteiger partial charge in [0, 0.05) is 6.54 Å². The van der Waals surface area contributed by atoms with E-state index in [1.807, 2.05) is 6.92 Å². The Morgan fingerprint density at radius 1 is 1.91 bits per heavy atom. The third-order valence-electron chi connectivity index (χ3n) is 1.25. The molecular formula is C6H10N4O. The standard InChI is InChI=1S/C6H10N4O/c1-2-8-6(11)4-3-9-10-5(4)7/h3H,2H2,1H3,(H,8,11)(H3,7,9,10). The highest BCUT2D eigenvalue weighted by Crippen LogP contribution is 2.04. The Hall–Kier alpha value is -1.52. The summed E-state index contributed by atoms with van der Waals surface area (Å²) in [5.41, 5.74) is 5.79. The summed E-state index contributed by atoms with van der Waals surface area (Å²) >= 11 is 0. The number of amides is 1. The van der Waals surface area contributed by atoms with Gasteiger partial charge in [-0.3, -0.25) is 9.89 Å². The smallest absolute Gasteiger partial charge is 0.256 e. The Bertz CT molecular complexity index is 255. The van der Waals surface area contributed by atoms with Crippen LogP contribution in [0.25, 0.3) is 0 Å². The number of nitrogen functional groups attached to an aromatic ring is 1. The third-order valence-corrected chi connectivity index (χ3v) is 1.25. The fourth-order valence-corrected chi connectivity index (χ4v) is 0.733. The number of H-pyrrole nitrogens is 1. The Morgan fingerprint density at radius 3 is 3.09 bits per heavy atom. The molecule has 0 radical (unpaired) electrons. The molecule has 0 aliphatic heterocycles. The molecule has 0 aliphatic rings. The summed E-state index contributed by atoms with van der Waals surface area (Å²) in [7, 11) is 0. The quantitative estimate of drug-likeness (QED) is 0.548. The summed E-state index contributed by atoms with van der Waals surface area (Å²) in [4.78, 5) is 11.1. The lowest BCUT2D eigenvalue weighted by atomic mass is 10.3. The first kappa shape index (κ1) is 7.59. The highest BCUT2D eigenvalue weighted by molar-refractivity contribution is 5.97. The fourth-order valence-electron chi connectivity index (χ4n) is 0.733. The van der Waals surface area contributed by atoms with Crippen LogP contribution >= 0.6 is 0 Å². The molecule has 0 bridgehead atoms. The summed E-state index contributed by atoms with van der Waals surface area (Å²) in [6.45, 7) is 2.43. The molecule has 1 aromatic heterocycles. The molecule has 1 aromatic rings. The average molecular weight is 154 g/mol. The van der Waals surface area contributed by atoms with E-state index in [0.29, 0.717) is 17.9 Å². The molecule has 0 spiro atoms. The van der Waals surface area contributed by atoms with E-state index < -0.39 is 0 Å². The van der Waals surface area contributed by atoms with Gasteiger partial charge in [0.2, 0.25) is 0 Å². The first-order valence-corrected chi connectivity index (χ1v) is 3.32. The molecule has 11 heavy (non-hydrogen) atoms. The summed E-state index contributed by atoms with van der Waals surface area (Å²) < 4.78 is 0. The van der Waals surface area contributed by atoms with Crippen molar-refractivity contribution in [2.75, 3.05) is 12.3 Å². The van der Waals surface area contributed by atoms with E-state index in [0.717, 1.165) is 0 Å². The first-order chi connectivity index (χ1) is 5.25. The van der Waals surface area contributed by atoms with Crippen LogP contribution in [0.1, 0.15) is 17.3 Å². The van der Waals surface area contributed by atoms with Gasteiger partial charge < -0.3 is 11.1 Å². The van der Waals surface area contributed by atoms with Crippen LogP contribution in [0.3, 0.4) is 0 Å². The van der Waals surface area contributed by atoms with E-state index in [1.165, 1.54) is 6.20 Å². The van der Waals surface area contributed by atoms with Gasteiger partial charge in [-0.25, -0.2) is 0 Å². The summed E-state index contributed by atoms with van der Waals surface area (Å²) in [5, 5.41) is 8.70. The largest absolute Gasteiger partial charge is 0.383 e. The number of hydrogen-bond donors (Lipinski definition) is 3. The van der Waals surface area contributed by atoms with Crippen molar-refractivity contribution in [3.05, 3.63) is 11.8 Å². The molecule has 4 N–H and O–H groups in total. The third kappa shape index (κ3) is 1.49. The van der Waals surface area contributed by atoms with Crippen molar-refractivity contribution >= 4 is 11.7 Å². The highest BCUT2D eigenvalue weighted by atomic mass is 16.1. The number of rotatable bonds is 2. The highest BCUT2D eigenvalue weighted by Gasteiger charge is 2.08. The van der Waals surface area contributed by atoms with Crippen LogP contribution in [0.2, 0.25) is 0 Å². The van der Waals surface area contributed by atoms with Crippen molar-refractivity contribution < 1.29 is 4.79 Å². The van der Waals surface area contributed by atoms with E-state index >= 15 is 0 Å². The second kappa shape index (κ2) is 3.05. The number of anilines is 1. The Labute approximate surface area is 64.0 Å². The predicted octanol–water partition coefficient (Wildman–Crippen LogP) is -0.258. The van der Waals surface area contributed by atoms with Crippen molar-refractivity contribution in [2.45, 2.75) is 6.92 Å². The summed E-state index contributed by atoms with van der Waals surface area (Å²) in [6, 6.07) is 0. The van der Waals surface area contributed by atoms with E-state index in [2.05, 4.69) is 15.5 Å². The zero-order valence-electron chi connectivity index (χ0n) is 6.22. The number of carbonyl (C=O) groups excluding carboxylic acids is 1. The molecule has 0 saturated carbocycles. The molecule has 60 valence electrons. The molecule has 1 rings (SSSR count). The Balaban J connectivity index is 2.76. The fraction of sp³-hybridized carbons (Fsp3) is 0.333. The van der Waals surface area contributed by atoms with Gasteiger partial charge in [-0.15, -0.1) is 0 Å². The van der Waals surface area contributed by atoms with Gasteiger partial charge in [0.05, 0.1) is 6.20 Å². The minimum atomic E-state index is -0.196. The average Bonchev–Trinajstić information content (AvgIpc) is 2.36. The van der Waals surface area contributed by atoms with Crippen LogP contribution in [-0.2, 0) is 0 Å². The molecule has 0 unspecified atom stereocenters. The van der Waals surface area contributed by atoms with Crippen molar-refractivity contribution in [2.24, 2.45) is 0 Å². The van der Waals surface area contributed by atoms with Crippen molar-refractivity contribution in [3.63, 3.8) is 0 Å². The Morgan fingerprint density at radius 2 is 2.64 bits per heavy atom. The molecule has 0 fully saturated rings. The summed E-state index contributed by atoms with van der Waals surface area (Å²) in [5.74, 6) is 0.106. The van der Waals surface area contributed by atoms with Crippen LogP contribution in [-0.4, -0.2) is 22.6 Å². The molecular weight excluding hydrogens is 144 g/mol. The number of aromatic amines is 1. The van der Waals surface area contributed by atoms with E-state index in [4.69, 9.17) is 5.73 Å². The molecule has 1 heterocycles. The second-order valence-corrected chi connectivity index (χ2v) is 2.06. The van der Waals surface area contributed by atoms with Gasteiger partial charge in [0.25, 0.3) is 5.91 Å². The molecule has 5 nitrogen and oxygen atoms in total. The monoisotopic (exact) mass is 154 g/mol. The molecule has 0 aromatic carbocycles. The lowest BCUT2D eigenvalue weighted by molar-refractivity contribution is 0.0957. The minimum Gasteiger partial charge on any atom is -0.383 e. The molecule has 0 aliphatic carbocycles. The maximum Gasteiger partial charge on any atom is 0.256 e. The maximum absolute atomic E-state index is 11.1. The number of carbonyl (C=O) groups is 1. The van der Waals surface area contributed by atoms with Gasteiger partial charge in [0.1, 0.15) is 11.4 Å². The topological polar surface area (TPSA) is 83.8 Å². The normalized spacial score (nSPS) is 9.55. The number of nitrogens with zero attached hydrogens (tertiary/aromatic N) is 1. The zero-order valence-corrected chi connectivity index (χ0v) is 6.22. The molecule has 0 saturated heterocycles. The van der Waals surface area contributed by atoms with Crippen molar-refractivity contribution in [1.82, 2.24) is 15.5 Å². The van der Waals surface area contributed by atoms with Gasteiger partial charge in [0.15, 0.2) is 0 Å². The van der Waals surface area contributed by atoms with Crippen LogP contribution in [0.15, 0.2) is 6.20 Å². The molecule has 5 heteroatoms. The second-order valence-electron chi connectivity index (χ2n) is 2.06. The minimum absolute atomic E-state index is 0.196. The number of aromatic nitrogens is 2. The number of nitrogens with two attached hydrogens (primary N) is 1. The molecule has 0 atom stereocenters. The number of nitrogens with one attached hydrogen (secondary N) is 2. The van der Waals surface area contributed by atoms with Crippen molar-refractivity contribution in [1.29, 1.82) is 0 Å². The molecule has 1 amide bonds.